The van der Waals surface area contributed by atoms with E-state index in [2.05, 4.69) is 20.7 Å². The number of aromatic hydroxyl groups is 1. The van der Waals surface area contributed by atoms with E-state index in [0.29, 0.717) is 0 Å². The van der Waals surface area contributed by atoms with Crippen LogP contribution in [0.15, 0.2) is 16.6 Å². The van der Waals surface area contributed by atoms with E-state index in [1.54, 1.807) is 0 Å². The summed E-state index contributed by atoms with van der Waals surface area (Å²) in [6, 6.07) is 2.01. The van der Waals surface area contributed by atoms with Gasteiger partial charge in [-0.15, -0.1) is 0 Å². The van der Waals surface area contributed by atoms with Crippen molar-refractivity contribution in [2.45, 2.75) is 0 Å². The van der Waals surface area contributed by atoms with Crippen molar-refractivity contribution in [1.82, 2.24) is 0 Å². The van der Waals surface area contributed by atoms with E-state index in [0.717, 1.165) is 19.2 Å². The van der Waals surface area contributed by atoms with Gasteiger partial charge in [0, 0.05) is 0 Å². The Hall–Kier alpha value is -1.10. The van der Waals surface area contributed by atoms with Crippen LogP contribution in [0.4, 0.5) is 4.39 Å². The third kappa shape index (κ3) is 1.98. The first-order valence-electron chi connectivity index (χ1n) is 3.32. The van der Waals surface area contributed by atoms with Crippen LogP contribution in [0, 0.1) is 5.82 Å². The van der Waals surface area contributed by atoms with Crippen molar-refractivity contribution in [2.75, 3.05) is 7.11 Å². The Kier molecular flexibility index (Phi) is 2.87. The number of phenolic OH excluding ortho intramolecular Hbond substituents is 1. The zero-order valence-corrected chi connectivity index (χ0v) is 8.26. The molecule has 1 N–H and O–H groups in total. The lowest BCUT2D eigenvalue weighted by atomic mass is 10.2. The molecule has 0 aliphatic heterocycles. The SMILES string of the molecule is COC(=O)c1cc(O)c(Br)cc1F. The maximum Gasteiger partial charge on any atom is 0.340 e. The molecule has 3 nitrogen and oxygen atoms in total. The van der Waals surface area contributed by atoms with E-state index in [1.807, 2.05) is 0 Å². The van der Waals surface area contributed by atoms with E-state index in [9.17, 15) is 9.18 Å². The Morgan fingerprint density at radius 2 is 2.23 bits per heavy atom. The smallest absolute Gasteiger partial charge is 0.340 e. The second-order valence-electron chi connectivity index (χ2n) is 2.28. The van der Waals surface area contributed by atoms with E-state index in [1.165, 1.54) is 0 Å². The van der Waals surface area contributed by atoms with Gasteiger partial charge in [-0.25, -0.2) is 9.18 Å². The standard InChI is InChI=1S/C8H6BrFO3/c1-13-8(12)4-2-7(11)5(9)3-6(4)10/h2-3,11H,1H3. The van der Waals surface area contributed by atoms with Gasteiger partial charge in [-0.1, -0.05) is 0 Å². The molecule has 0 bridgehead atoms. The number of carbonyl (C=O) groups excluding carboxylic acids is 1. The van der Waals surface area contributed by atoms with Crippen molar-refractivity contribution in [3.05, 3.63) is 28.0 Å². The maximum atomic E-state index is 13.0. The zero-order valence-electron chi connectivity index (χ0n) is 6.67. The molecule has 0 saturated carbocycles. The van der Waals surface area contributed by atoms with Crippen LogP contribution in [0.1, 0.15) is 10.4 Å². The first-order valence-corrected chi connectivity index (χ1v) is 4.12. The molecule has 1 aromatic rings. The fourth-order valence-corrected chi connectivity index (χ4v) is 1.12. The van der Waals surface area contributed by atoms with Crippen LogP contribution in [0.3, 0.4) is 0 Å². The van der Waals surface area contributed by atoms with E-state index in [-0.39, 0.29) is 15.8 Å². The van der Waals surface area contributed by atoms with Crippen LogP contribution in [-0.2, 0) is 4.74 Å². The van der Waals surface area contributed by atoms with Gasteiger partial charge in [0.25, 0.3) is 0 Å². The number of carbonyl (C=O) groups is 1. The third-order valence-electron chi connectivity index (χ3n) is 1.44. The van der Waals surface area contributed by atoms with Gasteiger partial charge in [0.1, 0.15) is 11.6 Å². The second-order valence-corrected chi connectivity index (χ2v) is 3.13. The molecule has 70 valence electrons. The average molecular weight is 249 g/mol. The molecule has 0 unspecified atom stereocenters. The van der Waals surface area contributed by atoms with Crippen LogP contribution >= 0.6 is 15.9 Å². The normalized spacial score (nSPS) is 9.77. The average Bonchev–Trinajstić information content (AvgIpc) is 2.10. The van der Waals surface area contributed by atoms with Crippen LogP contribution in [0.2, 0.25) is 0 Å². The highest BCUT2D eigenvalue weighted by atomic mass is 79.9. The minimum absolute atomic E-state index is 0.192. The number of methoxy groups -OCH3 is 1. The zero-order chi connectivity index (χ0) is 10.0. The number of halogens is 2. The molecule has 5 heteroatoms. The summed E-state index contributed by atoms with van der Waals surface area (Å²) >= 11 is 2.91. The predicted molar refractivity (Wildman–Crippen MR) is 47.1 cm³/mol. The van der Waals surface area contributed by atoms with Crippen molar-refractivity contribution >= 4 is 21.9 Å². The largest absolute Gasteiger partial charge is 0.507 e. The summed E-state index contributed by atoms with van der Waals surface area (Å²) in [7, 11) is 1.14. The molecule has 0 aromatic heterocycles. The number of phenols is 1. The van der Waals surface area contributed by atoms with E-state index in [4.69, 9.17) is 5.11 Å². The number of esters is 1. The predicted octanol–water partition coefficient (Wildman–Crippen LogP) is 2.08. The first-order chi connectivity index (χ1) is 6.06. The highest BCUT2D eigenvalue weighted by Crippen LogP contribution is 2.26. The lowest BCUT2D eigenvalue weighted by molar-refractivity contribution is 0.0595. The van der Waals surface area contributed by atoms with Crippen molar-refractivity contribution in [2.24, 2.45) is 0 Å². The summed E-state index contributed by atoms with van der Waals surface area (Å²) in [5.74, 6) is -1.77. The molecular weight excluding hydrogens is 243 g/mol. The van der Waals surface area contributed by atoms with Gasteiger partial charge >= 0.3 is 5.97 Å². The van der Waals surface area contributed by atoms with Crippen molar-refractivity contribution in [1.29, 1.82) is 0 Å². The van der Waals surface area contributed by atoms with Gasteiger partial charge in [0.2, 0.25) is 0 Å². The molecule has 0 radical (unpaired) electrons. The Balaban J connectivity index is 3.23. The summed E-state index contributed by atoms with van der Waals surface area (Å²) in [6.07, 6.45) is 0. The Bertz CT molecular complexity index is 351. The summed E-state index contributed by atoms with van der Waals surface area (Å²) < 4.78 is 17.5. The topological polar surface area (TPSA) is 46.5 Å². The van der Waals surface area contributed by atoms with Crippen LogP contribution in [-0.4, -0.2) is 18.2 Å². The number of rotatable bonds is 1. The molecule has 0 aliphatic carbocycles. The fraction of sp³-hybridized carbons (Fsp3) is 0.125. The Morgan fingerprint density at radius 3 is 2.77 bits per heavy atom. The lowest BCUT2D eigenvalue weighted by Crippen LogP contribution is -2.04. The summed E-state index contributed by atoms with van der Waals surface area (Å²) in [5.41, 5.74) is -0.289. The number of hydrogen-bond acceptors (Lipinski definition) is 3. The molecule has 0 saturated heterocycles. The Morgan fingerprint density at radius 1 is 1.62 bits per heavy atom. The van der Waals surface area contributed by atoms with Gasteiger partial charge < -0.3 is 9.84 Å². The molecule has 0 amide bonds. The number of hydrogen-bond donors (Lipinski definition) is 1. The number of benzene rings is 1. The molecule has 1 aromatic carbocycles. The molecule has 0 spiro atoms. The summed E-state index contributed by atoms with van der Waals surface area (Å²) in [4.78, 5) is 10.9. The van der Waals surface area contributed by atoms with Crippen LogP contribution in [0.5, 0.6) is 5.75 Å². The van der Waals surface area contributed by atoms with Crippen molar-refractivity contribution < 1.29 is 19.0 Å². The van der Waals surface area contributed by atoms with Gasteiger partial charge in [0.15, 0.2) is 0 Å². The molecular formula is C8H6BrFO3. The lowest BCUT2D eigenvalue weighted by Gasteiger charge is -2.02. The molecule has 0 fully saturated rings. The van der Waals surface area contributed by atoms with Crippen molar-refractivity contribution in [3.8, 4) is 5.75 Å². The molecule has 0 heterocycles. The quantitative estimate of drug-likeness (QED) is 0.775. The Labute approximate surface area is 82.3 Å². The second kappa shape index (κ2) is 3.74. The highest BCUT2D eigenvalue weighted by Gasteiger charge is 2.14. The minimum atomic E-state index is -0.819. The maximum absolute atomic E-state index is 13.0. The van der Waals surface area contributed by atoms with E-state index < -0.39 is 11.8 Å². The fourth-order valence-electron chi connectivity index (χ4n) is 0.804. The first kappa shape index (κ1) is 9.98. The monoisotopic (exact) mass is 248 g/mol. The van der Waals surface area contributed by atoms with Gasteiger partial charge in [-0.05, 0) is 28.1 Å². The molecule has 0 atom stereocenters. The van der Waals surface area contributed by atoms with Gasteiger partial charge in [-0.2, -0.15) is 0 Å². The highest BCUT2D eigenvalue weighted by molar-refractivity contribution is 9.10. The minimum Gasteiger partial charge on any atom is -0.507 e. The molecule has 13 heavy (non-hydrogen) atoms. The third-order valence-corrected chi connectivity index (χ3v) is 2.08. The van der Waals surface area contributed by atoms with Gasteiger partial charge in [0.05, 0.1) is 17.1 Å². The van der Waals surface area contributed by atoms with Crippen LogP contribution < -0.4 is 0 Å². The van der Waals surface area contributed by atoms with Gasteiger partial charge in [-0.3, -0.25) is 0 Å². The van der Waals surface area contributed by atoms with E-state index >= 15 is 0 Å². The van der Waals surface area contributed by atoms with Crippen molar-refractivity contribution in [3.63, 3.8) is 0 Å². The molecule has 1 rings (SSSR count). The summed E-state index contributed by atoms with van der Waals surface area (Å²) in [5, 5.41) is 9.15. The molecule has 0 aliphatic rings. The summed E-state index contributed by atoms with van der Waals surface area (Å²) in [6.45, 7) is 0. The van der Waals surface area contributed by atoms with Crippen LogP contribution in [0.25, 0.3) is 0 Å². The number of ether oxygens (including phenoxy) is 1.